The first-order chi connectivity index (χ1) is 9.58. The second kappa shape index (κ2) is 6.78. The maximum absolute atomic E-state index is 12.0. The van der Waals surface area contributed by atoms with Gasteiger partial charge >= 0.3 is 0 Å². The summed E-state index contributed by atoms with van der Waals surface area (Å²) in [4.78, 5) is 12.0. The van der Waals surface area contributed by atoms with E-state index in [0.717, 1.165) is 23.8 Å². The molecule has 1 aliphatic carbocycles. The fourth-order valence-corrected chi connectivity index (χ4v) is 2.95. The molecule has 2 rings (SSSR count). The van der Waals surface area contributed by atoms with Crippen LogP contribution in [0.4, 0.5) is 0 Å². The summed E-state index contributed by atoms with van der Waals surface area (Å²) in [6.45, 7) is 4.82. The van der Waals surface area contributed by atoms with Crippen molar-refractivity contribution in [3.05, 3.63) is 29.3 Å². The molecule has 1 aromatic rings. The van der Waals surface area contributed by atoms with Crippen LogP contribution in [0.3, 0.4) is 0 Å². The first kappa shape index (κ1) is 14.9. The van der Waals surface area contributed by atoms with Crippen LogP contribution in [-0.4, -0.2) is 17.6 Å². The van der Waals surface area contributed by atoms with Crippen LogP contribution in [0.25, 0.3) is 0 Å². The van der Waals surface area contributed by atoms with Crippen LogP contribution in [0.15, 0.2) is 18.2 Å². The van der Waals surface area contributed by atoms with Crippen LogP contribution in [-0.2, 0) is 0 Å². The number of phenols is 1. The fourth-order valence-electron chi connectivity index (χ4n) is 2.95. The molecule has 0 unspecified atom stereocenters. The van der Waals surface area contributed by atoms with Crippen LogP contribution < -0.4 is 5.32 Å². The van der Waals surface area contributed by atoms with E-state index in [2.05, 4.69) is 12.2 Å². The topological polar surface area (TPSA) is 49.3 Å². The lowest BCUT2D eigenvalue weighted by Crippen LogP contribution is -2.27. The first-order valence-electron chi connectivity index (χ1n) is 7.64. The Morgan fingerprint density at radius 1 is 1.30 bits per heavy atom. The summed E-state index contributed by atoms with van der Waals surface area (Å²) >= 11 is 0. The van der Waals surface area contributed by atoms with Crippen LogP contribution in [0.2, 0.25) is 0 Å². The van der Waals surface area contributed by atoms with E-state index in [1.54, 1.807) is 25.1 Å². The van der Waals surface area contributed by atoms with E-state index in [1.807, 2.05) is 0 Å². The summed E-state index contributed by atoms with van der Waals surface area (Å²) in [6.07, 6.45) is 6.25. The zero-order valence-electron chi connectivity index (χ0n) is 12.5. The molecule has 2 N–H and O–H groups in total. The molecule has 0 aliphatic heterocycles. The fraction of sp³-hybridized carbons (Fsp3) is 0.588. The number of benzene rings is 1. The Hall–Kier alpha value is -1.51. The maximum atomic E-state index is 12.0. The van der Waals surface area contributed by atoms with Gasteiger partial charge in [0.25, 0.3) is 5.91 Å². The highest BCUT2D eigenvalue weighted by molar-refractivity contribution is 5.97. The van der Waals surface area contributed by atoms with Crippen molar-refractivity contribution in [2.45, 2.75) is 46.0 Å². The van der Waals surface area contributed by atoms with E-state index in [-0.39, 0.29) is 11.7 Å². The Kier molecular flexibility index (Phi) is 5.05. The van der Waals surface area contributed by atoms with Crippen LogP contribution >= 0.6 is 0 Å². The zero-order chi connectivity index (χ0) is 14.5. The molecule has 1 aliphatic rings. The maximum Gasteiger partial charge on any atom is 0.255 e. The number of para-hydroxylation sites is 1. The molecule has 1 amide bonds. The highest BCUT2D eigenvalue weighted by Crippen LogP contribution is 2.30. The van der Waals surface area contributed by atoms with Gasteiger partial charge in [0, 0.05) is 6.54 Å². The second-order valence-electron chi connectivity index (χ2n) is 6.14. The summed E-state index contributed by atoms with van der Waals surface area (Å²) in [5.74, 6) is 1.54. The average molecular weight is 275 g/mol. The number of nitrogens with one attached hydrogen (secondary N) is 1. The Balaban J connectivity index is 1.79. The molecule has 3 nitrogen and oxygen atoms in total. The number of carbonyl (C=O) groups excluding carboxylic acids is 1. The third-order valence-corrected chi connectivity index (χ3v) is 4.46. The lowest BCUT2D eigenvalue weighted by molar-refractivity contribution is 0.0947. The van der Waals surface area contributed by atoms with E-state index in [9.17, 15) is 9.90 Å². The molecule has 3 heteroatoms. The van der Waals surface area contributed by atoms with E-state index in [1.165, 1.54) is 25.7 Å². The van der Waals surface area contributed by atoms with Gasteiger partial charge in [-0.2, -0.15) is 0 Å². The van der Waals surface area contributed by atoms with E-state index in [0.29, 0.717) is 12.1 Å². The highest BCUT2D eigenvalue weighted by Gasteiger charge is 2.18. The smallest absolute Gasteiger partial charge is 0.255 e. The van der Waals surface area contributed by atoms with Crippen molar-refractivity contribution in [1.29, 1.82) is 0 Å². The van der Waals surface area contributed by atoms with Crippen molar-refractivity contribution >= 4 is 5.91 Å². The van der Waals surface area contributed by atoms with Gasteiger partial charge in [-0.15, -0.1) is 0 Å². The first-order valence-corrected chi connectivity index (χ1v) is 7.64. The van der Waals surface area contributed by atoms with Gasteiger partial charge in [-0.3, -0.25) is 4.79 Å². The number of hydrogen-bond donors (Lipinski definition) is 2. The normalized spacial score (nSPS) is 22.5. The minimum atomic E-state index is -0.171. The number of phenolic OH excluding ortho intramolecular Hbond substituents is 1. The van der Waals surface area contributed by atoms with Gasteiger partial charge in [0.05, 0.1) is 5.56 Å². The lowest BCUT2D eigenvalue weighted by Gasteiger charge is -2.26. The summed E-state index contributed by atoms with van der Waals surface area (Å²) in [6, 6.07) is 5.27. The van der Waals surface area contributed by atoms with Crippen molar-refractivity contribution in [2.24, 2.45) is 11.8 Å². The van der Waals surface area contributed by atoms with Gasteiger partial charge in [0.1, 0.15) is 5.75 Å². The minimum Gasteiger partial charge on any atom is -0.507 e. The number of aromatic hydroxyl groups is 1. The van der Waals surface area contributed by atoms with Crippen LogP contribution in [0, 0.1) is 18.8 Å². The van der Waals surface area contributed by atoms with Crippen molar-refractivity contribution in [3.63, 3.8) is 0 Å². The van der Waals surface area contributed by atoms with Crippen molar-refractivity contribution in [3.8, 4) is 5.75 Å². The predicted molar refractivity (Wildman–Crippen MR) is 80.9 cm³/mol. The van der Waals surface area contributed by atoms with Gasteiger partial charge in [-0.25, -0.2) is 0 Å². The van der Waals surface area contributed by atoms with E-state index >= 15 is 0 Å². The molecule has 0 bridgehead atoms. The number of amides is 1. The summed E-state index contributed by atoms with van der Waals surface area (Å²) < 4.78 is 0. The van der Waals surface area contributed by atoms with Gasteiger partial charge < -0.3 is 10.4 Å². The third kappa shape index (κ3) is 3.75. The van der Waals surface area contributed by atoms with Crippen molar-refractivity contribution in [2.75, 3.05) is 6.54 Å². The van der Waals surface area contributed by atoms with Gasteiger partial charge in [0.2, 0.25) is 0 Å². The molecular weight excluding hydrogens is 250 g/mol. The Morgan fingerprint density at radius 2 is 2.00 bits per heavy atom. The lowest BCUT2D eigenvalue weighted by atomic mass is 9.81. The number of rotatable bonds is 4. The molecular formula is C17H25NO2. The number of hydrogen-bond acceptors (Lipinski definition) is 2. The molecule has 1 saturated carbocycles. The summed E-state index contributed by atoms with van der Waals surface area (Å²) in [5.41, 5.74) is 1.11. The van der Waals surface area contributed by atoms with E-state index in [4.69, 9.17) is 0 Å². The Morgan fingerprint density at radius 3 is 2.70 bits per heavy atom. The molecule has 1 fully saturated rings. The van der Waals surface area contributed by atoms with Crippen molar-refractivity contribution < 1.29 is 9.90 Å². The molecule has 110 valence electrons. The average Bonchev–Trinajstić information content (AvgIpc) is 2.44. The monoisotopic (exact) mass is 275 g/mol. The molecule has 1 aromatic carbocycles. The minimum absolute atomic E-state index is 0.0940. The third-order valence-electron chi connectivity index (χ3n) is 4.46. The highest BCUT2D eigenvalue weighted by atomic mass is 16.3. The predicted octanol–water partition coefficient (Wildman–Crippen LogP) is 3.65. The molecule has 20 heavy (non-hydrogen) atoms. The molecule has 0 spiro atoms. The molecule has 0 aromatic heterocycles. The van der Waals surface area contributed by atoms with Crippen molar-refractivity contribution in [1.82, 2.24) is 5.32 Å². The summed E-state index contributed by atoms with van der Waals surface area (Å²) in [7, 11) is 0. The van der Waals surface area contributed by atoms with E-state index < -0.39 is 0 Å². The molecule has 0 radical (unpaired) electrons. The van der Waals surface area contributed by atoms with Gasteiger partial charge in [-0.05, 0) is 36.8 Å². The van der Waals surface area contributed by atoms with Crippen LogP contribution in [0.5, 0.6) is 5.75 Å². The number of aryl methyl sites for hydroxylation is 1. The summed E-state index contributed by atoms with van der Waals surface area (Å²) in [5, 5.41) is 12.8. The molecule has 0 heterocycles. The number of carbonyl (C=O) groups is 1. The Labute approximate surface area is 121 Å². The zero-order valence-corrected chi connectivity index (χ0v) is 12.5. The molecule has 0 saturated heterocycles. The van der Waals surface area contributed by atoms with Gasteiger partial charge in [-0.1, -0.05) is 44.7 Å². The SMILES string of the molecule is Cc1cccc(C(=O)NCCC2CCC(C)CC2)c1O. The Bertz CT molecular complexity index is 462. The molecule has 0 atom stereocenters. The largest absolute Gasteiger partial charge is 0.507 e. The van der Waals surface area contributed by atoms with Gasteiger partial charge in [0.15, 0.2) is 0 Å². The second-order valence-corrected chi connectivity index (χ2v) is 6.14. The quantitative estimate of drug-likeness (QED) is 0.881. The standard InChI is InChI=1S/C17H25NO2/c1-12-6-8-14(9-7-12)10-11-18-17(20)15-5-3-4-13(2)16(15)19/h3-5,12,14,19H,6-11H2,1-2H3,(H,18,20). The van der Waals surface area contributed by atoms with Crippen LogP contribution in [0.1, 0.15) is 54.9 Å².